The first-order valence-electron chi connectivity index (χ1n) is 11.7. The molecule has 0 aliphatic carbocycles. The molecule has 1 aromatic carbocycles. The molecule has 1 N–H and O–H groups in total. The maximum absolute atomic E-state index is 11.7. The quantitative estimate of drug-likeness (QED) is 0.266. The van der Waals surface area contributed by atoms with E-state index in [4.69, 9.17) is 14.6 Å². The smallest absolute Gasteiger partial charge is 0.306 e. The van der Waals surface area contributed by atoms with Crippen LogP contribution in [0, 0.1) is 0 Å². The predicted octanol–water partition coefficient (Wildman–Crippen LogP) is 6.29. The third-order valence-electron chi connectivity index (χ3n) is 5.09. The maximum Gasteiger partial charge on any atom is 0.306 e. The molecule has 30 heavy (non-hydrogen) atoms. The van der Waals surface area contributed by atoms with Crippen LogP contribution in [0.4, 0.5) is 0 Å². The molecule has 0 radical (unpaired) electrons. The van der Waals surface area contributed by atoms with Crippen LogP contribution in [0.1, 0.15) is 95.5 Å². The lowest BCUT2D eigenvalue weighted by Crippen LogP contribution is -2.04. The Morgan fingerprint density at radius 1 is 0.767 bits per heavy atom. The zero-order valence-corrected chi connectivity index (χ0v) is 18.5. The average Bonchev–Trinajstić information content (AvgIpc) is 3.34. The van der Waals surface area contributed by atoms with Gasteiger partial charge in [-0.2, -0.15) is 0 Å². The highest BCUT2D eigenvalue weighted by Gasteiger charge is 2.03. The second-order valence-electron chi connectivity index (χ2n) is 7.90. The van der Waals surface area contributed by atoms with Crippen LogP contribution in [0.2, 0.25) is 0 Å². The molecule has 170 valence electrons. The molecule has 1 saturated heterocycles. The topological polar surface area (TPSA) is 72.8 Å². The monoisotopic (exact) mass is 420 g/mol. The molecule has 0 saturated carbocycles. The summed E-state index contributed by atoms with van der Waals surface area (Å²) in [5, 5.41) is 8.54. The summed E-state index contributed by atoms with van der Waals surface area (Å²) in [6.07, 6.45) is 14.4. The van der Waals surface area contributed by atoms with Gasteiger partial charge in [-0.3, -0.25) is 9.59 Å². The Morgan fingerprint density at radius 3 is 1.73 bits per heavy atom. The minimum atomic E-state index is -0.691. The van der Waals surface area contributed by atoms with Gasteiger partial charge in [-0.1, -0.05) is 81.7 Å². The highest BCUT2D eigenvalue weighted by atomic mass is 16.5. The van der Waals surface area contributed by atoms with Crippen molar-refractivity contribution < 1.29 is 24.2 Å². The van der Waals surface area contributed by atoms with Crippen LogP contribution < -0.4 is 0 Å². The van der Waals surface area contributed by atoms with E-state index in [1.807, 2.05) is 30.3 Å². The van der Waals surface area contributed by atoms with Gasteiger partial charge in [0.15, 0.2) is 0 Å². The molecule has 1 fully saturated rings. The second-order valence-corrected chi connectivity index (χ2v) is 7.90. The van der Waals surface area contributed by atoms with Gasteiger partial charge in [-0.05, 0) is 31.2 Å². The van der Waals surface area contributed by atoms with Gasteiger partial charge in [-0.15, -0.1) is 0 Å². The van der Waals surface area contributed by atoms with E-state index in [1.165, 1.54) is 44.9 Å². The van der Waals surface area contributed by atoms with Gasteiger partial charge in [0, 0.05) is 26.1 Å². The number of benzene rings is 1. The van der Waals surface area contributed by atoms with Crippen LogP contribution in [-0.2, 0) is 25.7 Å². The number of carboxylic acids is 1. The van der Waals surface area contributed by atoms with E-state index in [2.05, 4.69) is 0 Å². The van der Waals surface area contributed by atoms with Crippen molar-refractivity contribution in [3.8, 4) is 0 Å². The summed E-state index contributed by atoms with van der Waals surface area (Å²) < 4.78 is 10.2. The fourth-order valence-corrected chi connectivity index (χ4v) is 3.28. The first-order chi connectivity index (χ1) is 14.7. The van der Waals surface area contributed by atoms with Gasteiger partial charge in [0.1, 0.15) is 6.61 Å². The number of aliphatic carboxylic acids is 1. The summed E-state index contributed by atoms with van der Waals surface area (Å²) in [5.41, 5.74) is 1.03. The van der Waals surface area contributed by atoms with Crippen LogP contribution in [0.25, 0.3) is 0 Å². The highest BCUT2D eigenvalue weighted by Crippen LogP contribution is 2.12. The number of ether oxygens (including phenoxy) is 2. The van der Waals surface area contributed by atoms with E-state index in [0.29, 0.717) is 19.4 Å². The zero-order chi connectivity index (χ0) is 21.7. The van der Waals surface area contributed by atoms with Gasteiger partial charge in [0.2, 0.25) is 0 Å². The number of carbonyl (C=O) groups excluding carboxylic acids is 1. The van der Waals surface area contributed by atoms with Crippen molar-refractivity contribution in [1.29, 1.82) is 0 Å². The highest BCUT2D eigenvalue weighted by molar-refractivity contribution is 5.69. The SMILES string of the molecule is C1CCOC1.O=C(O)CCCCCCCCCCCCC(=O)OCc1ccccc1. The summed E-state index contributed by atoms with van der Waals surface area (Å²) in [6, 6.07) is 9.75. The standard InChI is InChI=1S/C21H32O4.C4H8O/c22-20(23)16-12-7-5-3-1-2-4-6-8-13-17-21(24)25-18-19-14-10-9-11-15-19;1-2-4-5-3-1/h9-11,14-15H,1-8,12-13,16-18H2,(H,22,23);1-4H2. The van der Waals surface area contributed by atoms with Gasteiger partial charge in [0.25, 0.3) is 0 Å². The molecule has 5 nitrogen and oxygen atoms in total. The van der Waals surface area contributed by atoms with Crippen molar-refractivity contribution in [3.05, 3.63) is 35.9 Å². The van der Waals surface area contributed by atoms with Crippen LogP contribution in [0.5, 0.6) is 0 Å². The summed E-state index contributed by atoms with van der Waals surface area (Å²) in [5.74, 6) is -0.797. The molecule has 0 spiro atoms. The van der Waals surface area contributed by atoms with E-state index in [9.17, 15) is 9.59 Å². The lowest BCUT2D eigenvalue weighted by molar-refractivity contribution is -0.145. The van der Waals surface area contributed by atoms with Gasteiger partial charge in [-0.25, -0.2) is 0 Å². The Kier molecular flexibility index (Phi) is 16.7. The van der Waals surface area contributed by atoms with Crippen molar-refractivity contribution in [2.45, 2.75) is 96.5 Å². The maximum atomic E-state index is 11.7. The first kappa shape index (κ1) is 26.2. The largest absolute Gasteiger partial charge is 0.481 e. The Morgan fingerprint density at radius 2 is 1.27 bits per heavy atom. The summed E-state index contributed by atoms with van der Waals surface area (Å²) in [6.45, 7) is 2.37. The van der Waals surface area contributed by atoms with E-state index in [1.54, 1.807) is 0 Å². The molecule has 1 heterocycles. The van der Waals surface area contributed by atoms with E-state index in [0.717, 1.165) is 50.9 Å². The number of carbonyl (C=O) groups is 2. The molecular weight excluding hydrogens is 380 g/mol. The third-order valence-corrected chi connectivity index (χ3v) is 5.09. The van der Waals surface area contributed by atoms with Crippen molar-refractivity contribution in [3.63, 3.8) is 0 Å². The number of esters is 1. The molecule has 1 aliphatic rings. The molecule has 0 atom stereocenters. The number of carboxylic acid groups (broad SMARTS) is 1. The molecule has 0 aromatic heterocycles. The molecule has 2 rings (SSSR count). The van der Waals surface area contributed by atoms with Gasteiger partial charge in [0.05, 0.1) is 0 Å². The average molecular weight is 421 g/mol. The van der Waals surface area contributed by atoms with Crippen molar-refractivity contribution >= 4 is 11.9 Å². The molecule has 0 bridgehead atoms. The predicted molar refractivity (Wildman–Crippen MR) is 119 cm³/mol. The molecular formula is C25H40O5. The summed E-state index contributed by atoms with van der Waals surface area (Å²) in [4.78, 5) is 22.0. The lowest BCUT2D eigenvalue weighted by Gasteiger charge is -2.05. The normalized spacial score (nSPS) is 12.8. The van der Waals surface area contributed by atoms with E-state index < -0.39 is 5.97 Å². The van der Waals surface area contributed by atoms with Crippen molar-refractivity contribution in [1.82, 2.24) is 0 Å². The van der Waals surface area contributed by atoms with E-state index >= 15 is 0 Å². The van der Waals surface area contributed by atoms with Crippen LogP contribution in [-0.4, -0.2) is 30.3 Å². The van der Waals surface area contributed by atoms with E-state index in [-0.39, 0.29) is 5.97 Å². The van der Waals surface area contributed by atoms with Crippen molar-refractivity contribution in [2.24, 2.45) is 0 Å². The minimum absolute atomic E-state index is 0.106. The first-order valence-corrected chi connectivity index (χ1v) is 11.7. The Labute approximate surface area is 182 Å². The number of hydrogen-bond acceptors (Lipinski definition) is 4. The molecule has 5 heteroatoms. The summed E-state index contributed by atoms with van der Waals surface area (Å²) >= 11 is 0. The zero-order valence-electron chi connectivity index (χ0n) is 18.5. The number of rotatable bonds is 15. The van der Waals surface area contributed by atoms with Crippen LogP contribution in [0.3, 0.4) is 0 Å². The van der Waals surface area contributed by atoms with Crippen LogP contribution in [0.15, 0.2) is 30.3 Å². The molecule has 1 aromatic rings. The molecule has 0 amide bonds. The Balaban J connectivity index is 0.000000780. The summed E-state index contributed by atoms with van der Waals surface area (Å²) in [7, 11) is 0. The Bertz CT molecular complexity index is 532. The second kappa shape index (κ2) is 19.1. The fourth-order valence-electron chi connectivity index (χ4n) is 3.28. The minimum Gasteiger partial charge on any atom is -0.481 e. The Hall–Kier alpha value is -1.88. The molecule has 1 aliphatic heterocycles. The lowest BCUT2D eigenvalue weighted by atomic mass is 10.1. The number of unbranched alkanes of at least 4 members (excludes halogenated alkanes) is 9. The molecule has 0 unspecified atom stereocenters. The van der Waals surface area contributed by atoms with Crippen molar-refractivity contribution in [2.75, 3.05) is 13.2 Å². The number of hydrogen-bond donors (Lipinski definition) is 1. The van der Waals surface area contributed by atoms with Gasteiger partial charge >= 0.3 is 11.9 Å². The van der Waals surface area contributed by atoms with Gasteiger partial charge < -0.3 is 14.6 Å². The third kappa shape index (κ3) is 17.0. The van der Waals surface area contributed by atoms with Crippen LogP contribution >= 0.6 is 0 Å². The fraction of sp³-hybridized carbons (Fsp3) is 0.680.